The number of anilines is 1. The summed E-state index contributed by atoms with van der Waals surface area (Å²) in [7, 11) is 1.68. The minimum Gasteiger partial charge on any atom is -0.324 e. The third-order valence-corrected chi connectivity index (χ3v) is 6.30. The lowest BCUT2D eigenvalue weighted by Gasteiger charge is -2.14. The van der Waals surface area contributed by atoms with E-state index in [1.165, 1.54) is 27.7 Å². The molecular formula is C17H16BrN3O2S2. The number of carbonyl (C=O) groups excluding carboxylic acids is 1. The Kier molecular flexibility index (Phi) is 5.31. The Bertz CT molecular complexity index is 1010. The summed E-state index contributed by atoms with van der Waals surface area (Å²) in [6.07, 6.45) is 0. The summed E-state index contributed by atoms with van der Waals surface area (Å²) in [4.78, 5) is 30.0. The zero-order chi connectivity index (χ0) is 18.1. The maximum atomic E-state index is 12.5. The maximum absolute atomic E-state index is 12.5. The molecule has 0 fully saturated rings. The highest BCUT2D eigenvalue weighted by atomic mass is 79.9. The molecule has 3 aromatic rings. The smallest absolute Gasteiger partial charge is 0.262 e. The Hall–Kier alpha value is -1.64. The van der Waals surface area contributed by atoms with Gasteiger partial charge >= 0.3 is 0 Å². The number of fused-ring (bicyclic) bond motifs is 1. The van der Waals surface area contributed by atoms with Crippen LogP contribution in [0.15, 0.2) is 44.1 Å². The van der Waals surface area contributed by atoms with Crippen molar-refractivity contribution in [3.05, 3.63) is 50.0 Å². The van der Waals surface area contributed by atoms with Gasteiger partial charge in [0.25, 0.3) is 5.56 Å². The van der Waals surface area contributed by atoms with Gasteiger partial charge in [-0.3, -0.25) is 14.2 Å². The van der Waals surface area contributed by atoms with Crippen LogP contribution in [0.3, 0.4) is 0 Å². The number of nitrogens with one attached hydrogen (secondary N) is 1. The van der Waals surface area contributed by atoms with E-state index in [2.05, 4.69) is 26.2 Å². The number of nitrogens with zero attached hydrogens (tertiary/aromatic N) is 2. The minimum atomic E-state index is -0.399. The molecule has 2 aromatic heterocycles. The van der Waals surface area contributed by atoms with E-state index in [1.54, 1.807) is 20.0 Å². The molecule has 25 heavy (non-hydrogen) atoms. The first-order valence-corrected chi connectivity index (χ1v) is 10.1. The Morgan fingerprint density at radius 3 is 2.88 bits per heavy atom. The van der Waals surface area contributed by atoms with Gasteiger partial charge in [0.1, 0.15) is 4.83 Å². The van der Waals surface area contributed by atoms with Crippen molar-refractivity contribution in [3.8, 4) is 0 Å². The molecule has 0 saturated carbocycles. The van der Waals surface area contributed by atoms with Crippen LogP contribution < -0.4 is 10.9 Å². The summed E-state index contributed by atoms with van der Waals surface area (Å²) >= 11 is 6.15. The first-order valence-electron chi connectivity index (χ1n) is 7.54. The normalized spacial score (nSPS) is 12.3. The fourth-order valence-corrected chi connectivity index (χ4v) is 4.52. The van der Waals surface area contributed by atoms with Gasteiger partial charge in [-0.15, -0.1) is 11.3 Å². The Morgan fingerprint density at radius 2 is 2.16 bits per heavy atom. The van der Waals surface area contributed by atoms with Gasteiger partial charge in [-0.2, -0.15) is 0 Å². The lowest BCUT2D eigenvalue weighted by Crippen LogP contribution is -2.25. The summed E-state index contributed by atoms with van der Waals surface area (Å²) < 4.78 is 2.33. The second kappa shape index (κ2) is 7.31. The van der Waals surface area contributed by atoms with Crippen molar-refractivity contribution >= 4 is 60.8 Å². The summed E-state index contributed by atoms with van der Waals surface area (Å²) in [5, 5.41) is 5.49. The van der Waals surface area contributed by atoms with Crippen molar-refractivity contribution in [1.29, 1.82) is 0 Å². The number of thioether (sulfide) groups is 1. The van der Waals surface area contributed by atoms with E-state index < -0.39 is 5.25 Å². The van der Waals surface area contributed by atoms with Gasteiger partial charge in [0.05, 0.1) is 16.3 Å². The van der Waals surface area contributed by atoms with Gasteiger partial charge in [-0.1, -0.05) is 17.8 Å². The van der Waals surface area contributed by atoms with E-state index in [0.717, 1.165) is 15.7 Å². The molecule has 1 atom stereocenters. The molecule has 0 aliphatic heterocycles. The quantitative estimate of drug-likeness (QED) is 0.490. The minimum absolute atomic E-state index is 0.0948. The molecule has 1 unspecified atom stereocenters. The van der Waals surface area contributed by atoms with Crippen LogP contribution in [0.5, 0.6) is 0 Å². The molecule has 2 heterocycles. The molecule has 0 radical (unpaired) electrons. The number of aryl methyl sites for hydroxylation is 1. The number of carbonyl (C=O) groups is 1. The molecule has 8 heteroatoms. The van der Waals surface area contributed by atoms with Crippen molar-refractivity contribution in [3.63, 3.8) is 0 Å². The van der Waals surface area contributed by atoms with Crippen molar-refractivity contribution < 1.29 is 4.79 Å². The van der Waals surface area contributed by atoms with E-state index in [4.69, 9.17) is 0 Å². The number of benzene rings is 1. The molecule has 0 aliphatic rings. The summed E-state index contributed by atoms with van der Waals surface area (Å²) in [6, 6.07) is 7.52. The number of hydrogen-bond donors (Lipinski definition) is 1. The monoisotopic (exact) mass is 437 g/mol. The lowest BCUT2D eigenvalue weighted by atomic mass is 10.2. The van der Waals surface area contributed by atoms with E-state index in [-0.39, 0.29) is 11.5 Å². The third-order valence-electron chi connectivity index (χ3n) is 3.70. The topological polar surface area (TPSA) is 64.0 Å². The van der Waals surface area contributed by atoms with Crippen molar-refractivity contribution in [2.45, 2.75) is 24.3 Å². The van der Waals surface area contributed by atoms with E-state index in [1.807, 2.05) is 30.5 Å². The first kappa shape index (κ1) is 18.2. The summed E-state index contributed by atoms with van der Waals surface area (Å²) in [6.45, 7) is 3.79. The first-order chi connectivity index (χ1) is 11.9. The maximum Gasteiger partial charge on any atom is 0.262 e. The Labute approximate surface area is 161 Å². The van der Waals surface area contributed by atoms with Crippen LogP contribution in [0, 0.1) is 6.92 Å². The van der Waals surface area contributed by atoms with Gasteiger partial charge in [0.2, 0.25) is 5.91 Å². The highest BCUT2D eigenvalue weighted by Gasteiger charge is 2.19. The molecule has 1 aromatic carbocycles. The Morgan fingerprint density at radius 1 is 1.40 bits per heavy atom. The standard InChI is InChI=1S/C17H16BrN3O2S2/c1-9-4-5-13(12(18)8-9)19-14(22)10(2)25-17-20-15-11(6-7-24-15)16(23)21(17)3/h4-8,10H,1-3H3,(H,19,22). The van der Waals surface area contributed by atoms with Crippen LogP contribution in [-0.4, -0.2) is 20.7 Å². The van der Waals surface area contributed by atoms with Gasteiger partial charge in [0.15, 0.2) is 5.16 Å². The van der Waals surface area contributed by atoms with Crippen molar-refractivity contribution in [2.24, 2.45) is 7.05 Å². The molecule has 0 bridgehead atoms. The fourth-order valence-electron chi connectivity index (χ4n) is 2.25. The molecule has 5 nitrogen and oxygen atoms in total. The number of halogens is 1. The van der Waals surface area contributed by atoms with Gasteiger partial charge < -0.3 is 5.32 Å². The fraction of sp³-hybridized carbons (Fsp3) is 0.235. The molecular weight excluding hydrogens is 422 g/mol. The van der Waals surface area contributed by atoms with Gasteiger partial charge in [-0.05, 0) is 58.9 Å². The van der Waals surface area contributed by atoms with E-state index in [0.29, 0.717) is 15.4 Å². The highest BCUT2D eigenvalue weighted by Crippen LogP contribution is 2.27. The third kappa shape index (κ3) is 3.80. The number of hydrogen-bond acceptors (Lipinski definition) is 5. The van der Waals surface area contributed by atoms with Crippen LogP contribution in [0.25, 0.3) is 10.2 Å². The molecule has 0 saturated heterocycles. The molecule has 1 N–H and O–H groups in total. The van der Waals surface area contributed by atoms with Gasteiger partial charge in [0, 0.05) is 11.5 Å². The van der Waals surface area contributed by atoms with Crippen molar-refractivity contribution in [2.75, 3.05) is 5.32 Å². The van der Waals surface area contributed by atoms with Gasteiger partial charge in [-0.25, -0.2) is 4.98 Å². The second-order valence-electron chi connectivity index (χ2n) is 5.63. The number of thiophene rings is 1. The molecule has 0 aliphatic carbocycles. The summed E-state index contributed by atoms with van der Waals surface area (Å²) in [5.41, 5.74) is 1.73. The highest BCUT2D eigenvalue weighted by molar-refractivity contribution is 9.10. The van der Waals surface area contributed by atoms with Crippen LogP contribution in [-0.2, 0) is 11.8 Å². The second-order valence-corrected chi connectivity index (χ2v) is 8.69. The van der Waals surface area contributed by atoms with Crippen molar-refractivity contribution in [1.82, 2.24) is 9.55 Å². The van der Waals surface area contributed by atoms with Crippen LogP contribution in [0.4, 0.5) is 5.69 Å². The van der Waals surface area contributed by atoms with Crippen LogP contribution >= 0.6 is 39.0 Å². The lowest BCUT2D eigenvalue weighted by molar-refractivity contribution is -0.115. The molecule has 1 amide bonds. The SMILES string of the molecule is Cc1ccc(NC(=O)C(C)Sc2nc3sccc3c(=O)n2C)c(Br)c1. The predicted molar refractivity (Wildman–Crippen MR) is 108 cm³/mol. The van der Waals surface area contributed by atoms with E-state index in [9.17, 15) is 9.59 Å². The average molecular weight is 438 g/mol. The summed E-state index contributed by atoms with van der Waals surface area (Å²) in [5.74, 6) is -0.143. The van der Waals surface area contributed by atoms with Crippen LogP contribution in [0.2, 0.25) is 0 Å². The molecule has 3 rings (SSSR count). The zero-order valence-electron chi connectivity index (χ0n) is 13.9. The average Bonchev–Trinajstić information content (AvgIpc) is 3.03. The molecule has 0 spiro atoms. The number of aromatic nitrogens is 2. The van der Waals surface area contributed by atoms with Crippen LogP contribution in [0.1, 0.15) is 12.5 Å². The Balaban J connectivity index is 1.79. The predicted octanol–water partition coefficient (Wildman–Crippen LogP) is 4.19. The molecule has 130 valence electrons. The number of amides is 1. The van der Waals surface area contributed by atoms with E-state index >= 15 is 0 Å². The number of rotatable bonds is 4. The largest absolute Gasteiger partial charge is 0.324 e. The zero-order valence-corrected chi connectivity index (χ0v) is 17.1.